The Labute approximate surface area is 107 Å². The van der Waals surface area contributed by atoms with Crippen molar-refractivity contribution in [2.75, 3.05) is 0 Å². The van der Waals surface area contributed by atoms with Crippen LogP contribution in [-0.2, 0) is 12.8 Å². The molecule has 96 valence electrons. The second-order valence-corrected chi connectivity index (χ2v) is 4.43. The van der Waals surface area contributed by atoms with Gasteiger partial charge in [-0.15, -0.1) is 0 Å². The molecule has 0 aliphatic rings. The minimum atomic E-state index is -0.177. The zero-order valence-electron chi connectivity index (χ0n) is 10.7. The Morgan fingerprint density at radius 2 is 2.00 bits per heavy atom. The number of nitrogens with two attached hydrogens (primary N) is 1. The molecule has 2 rings (SSSR count). The first kappa shape index (κ1) is 12.8. The molecule has 0 amide bonds. The molecule has 2 aromatic rings. The predicted molar refractivity (Wildman–Crippen MR) is 70.0 cm³/mol. The number of hydrogen-bond donors (Lipinski definition) is 1. The summed E-state index contributed by atoms with van der Waals surface area (Å²) in [5.74, 6) is 1.30. The number of aryl methyl sites for hydroxylation is 2. The molecule has 0 spiro atoms. The van der Waals surface area contributed by atoms with Crippen LogP contribution in [0.25, 0.3) is 0 Å². The maximum absolute atomic E-state index is 6.06. The summed E-state index contributed by atoms with van der Waals surface area (Å²) in [6.45, 7) is 2.09. The number of hydrogen-bond acceptors (Lipinski definition) is 4. The third kappa shape index (κ3) is 3.40. The number of aromatic nitrogens is 2. The molecule has 2 N–H and O–H groups in total. The van der Waals surface area contributed by atoms with Crippen LogP contribution in [-0.4, -0.2) is 10.1 Å². The van der Waals surface area contributed by atoms with Crippen molar-refractivity contribution in [2.45, 2.75) is 38.6 Å². The van der Waals surface area contributed by atoms with Gasteiger partial charge in [-0.1, -0.05) is 42.4 Å². The minimum Gasteiger partial charge on any atom is -0.338 e. The highest BCUT2D eigenvalue weighted by atomic mass is 16.5. The van der Waals surface area contributed by atoms with E-state index < -0.39 is 0 Å². The van der Waals surface area contributed by atoms with Gasteiger partial charge in [-0.05, 0) is 24.8 Å². The largest absolute Gasteiger partial charge is 0.338 e. The van der Waals surface area contributed by atoms with Crippen LogP contribution in [0.15, 0.2) is 34.9 Å². The average molecular weight is 245 g/mol. The molecule has 1 atom stereocenters. The van der Waals surface area contributed by atoms with Gasteiger partial charge in [-0.3, -0.25) is 0 Å². The van der Waals surface area contributed by atoms with Crippen LogP contribution in [0.2, 0.25) is 0 Å². The topological polar surface area (TPSA) is 64.9 Å². The van der Waals surface area contributed by atoms with E-state index in [1.165, 1.54) is 5.56 Å². The molecule has 0 aliphatic carbocycles. The lowest BCUT2D eigenvalue weighted by atomic mass is 10.1. The van der Waals surface area contributed by atoms with E-state index in [0.717, 1.165) is 31.5 Å². The highest BCUT2D eigenvalue weighted by Gasteiger charge is 2.14. The molecule has 0 bridgehead atoms. The fraction of sp³-hybridized carbons (Fsp3) is 0.429. The summed E-state index contributed by atoms with van der Waals surface area (Å²) in [5.41, 5.74) is 7.34. The predicted octanol–water partition coefficient (Wildman–Crippen LogP) is 2.65. The standard InChI is InChI=1S/C14H19N3O/c1-2-6-13-16-14(18-17-13)12(15)10-9-11-7-4-3-5-8-11/h3-5,7-8,12H,2,6,9-10,15H2,1H3. The molecule has 1 unspecified atom stereocenters. The van der Waals surface area contributed by atoms with Gasteiger partial charge in [0.15, 0.2) is 5.82 Å². The van der Waals surface area contributed by atoms with Crippen molar-refractivity contribution in [3.63, 3.8) is 0 Å². The third-order valence-electron chi connectivity index (χ3n) is 2.86. The van der Waals surface area contributed by atoms with E-state index in [4.69, 9.17) is 10.3 Å². The summed E-state index contributed by atoms with van der Waals surface area (Å²) in [7, 11) is 0. The summed E-state index contributed by atoms with van der Waals surface area (Å²) >= 11 is 0. The lowest BCUT2D eigenvalue weighted by Gasteiger charge is -2.06. The Morgan fingerprint density at radius 3 is 2.72 bits per heavy atom. The van der Waals surface area contributed by atoms with Gasteiger partial charge in [0.1, 0.15) is 0 Å². The summed E-state index contributed by atoms with van der Waals surface area (Å²) in [5, 5.41) is 3.92. The molecule has 0 fully saturated rings. The van der Waals surface area contributed by atoms with Crippen LogP contribution < -0.4 is 5.73 Å². The van der Waals surface area contributed by atoms with E-state index in [9.17, 15) is 0 Å². The Bertz CT molecular complexity index is 467. The summed E-state index contributed by atoms with van der Waals surface area (Å²) in [4.78, 5) is 4.31. The van der Waals surface area contributed by atoms with Gasteiger partial charge in [0, 0.05) is 6.42 Å². The first-order valence-corrected chi connectivity index (χ1v) is 6.41. The van der Waals surface area contributed by atoms with E-state index in [-0.39, 0.29) is 6.04 Å². The SMILES string of the molecule is CCCc1noc(C(N)CCc2ccccc2)n1. The van der Waals surface area contributed by atoms with Crippen molar-refractivity contribution in [1.29, 1.82) is 0 Å². The van der Waals surface area contributed by atoms with Gasteiger partial charge in [0.05, 0.1) is 6.04 Å². The fourth-order valence-electron chi connectivity index (χ4n) is 1.83. The fourth-order valence-corrected chi connectivity index (χ4v) is 1.83. The summed E-state index contributed by atoms with van der Waals surface area (Å²) in [6.07, 6.45) is 3.60. The van der Waals surface area contributed by atoms with Gasteiger partial charge in [0.25, 0.3) is 0 Å². The molecular formula is C14H19N3O. The van der Waals surface area contributed by atoms with Crippen LogP contribution in [0.3, 0.4) is 0 Å². The number of rotatable bonds is 6. The summed E-state index contributed by atoms with van der Waals surface area (Å²) in [6, 6.07) is 10.1. The van der Waals surface area contributed by atoms with Crippen LogP contribution in [0.4, 0.5) is 0 Å². The van der Waals surface area contributed by atoms with Crippen molar-refractivity contribution in [2.24, 2.45) is 5.73 Å². The van der Waals surface area contributed by atoms with Gasteiger partial charge in [-0.2, -0.15) is 4.98 Å². The van der Waals surface area contributed by atoms with Gasteiger partial charge < -0.3 is 10.3 Å². The average Bonchev–Trinajstić information content (AvgIpc) is 2.86. The van der Waals surface area contributed by atoms with Gasteiger partial charge in [-0.25, -0.2) is 0 Å². The molecular weight excluding hydrogens is 226 g/mol. The summed E-state index contributed by atoms with van der Waals surface area (Å²) < 4.78 is 5.18. The second-order valence-electron chi connectivity index (χ2n) is 4.43. The molecule has 0 saturated carbocycles. The highest BCUT2D eigenvalue weighted by Crippen LogP contribution is 2.15. The molecule has 18 heavy (non-hydrogen) atoms. The van der Waals surface area contributed by atoms with E-state index in [0.29, 0.717) is 5.89 Å². The molecule has 4 heteroatoms. The van der Waals surface area contributed by atoms with E-state index in [2.05, 4.69) is 29.2 Å². The lowest BCUT2D eigenvalue weighted by molar-refractivity contribution is 0.345. The molecule has 1 heterocycles. The van der Waals surface area contributed by atoms with E-state index >= 15 is 0 Å². The Morgan fingerprint density at radius 1 is 1.22 bits per heavy atom. The quantitative estimate of drug-likeness (QED) is 0.849. The maximum Gasteiger partial charge on any atom is 0.243 e. The first-order chi connectivity index (χ1) is 8.79. The molecule has 1 aromatic heterocycles. The Hall–Kier alpha value is -1.68. The van der Waals surface area contributed by atoms with Crippen molar-refractivity contribution < 1.29 is 4.52 Å². The van der Waals surface area contributed by atoms with Gasteiger partial charge >= 0.3 is 0 Å². The van der Waals surface area contributed by atoms with E-state index in [1.807, 2.05) is 18.2 Å². The third-order valence-corrected chi connectivity index (χ3v) is 2.86. The normalized spacial score (nSPS) is 12.6. The zero-order valence-corrected chi connectivity index (χ0v) is 10.7. The van der Waals surface area contributed by atoms with Crippen molar-refractivity contribution in [1.82, 2.24) is 10.1 Å². The highest BCUT2D eigenvalue weighted by molar-refractivity contribution is 5.15. The Balaban J connectivity index is 1.89. The van der Waals surface area contributed by atoms with Gasteiger partial charge in [0.2, 0.25) is 5.89 Å². The molecule has 0 saturated heterocycles. The number of benzene rings is 1. The smallest absolute Gasteiger partial charge is 0.243 e. The molecule has 0 radical (unpaired) electrons. The minimum absolute atomic E-state index is 0.177. The van der Waals surface area contributed by atoms with Crippen LogP contribution in [0.1, 0.15) is 43.1 Å². The monoisotopic (exact) mass is 245 g/mol. The first-order valence-electron chi connectivity index (χ1n) is 6.41. The van der Waals surface area contributed by atoms with Crippen LogP contribution >= 0.6 is 0 Å². The molecule has 4 nitrogen and oxygen atoms in total. The second kappa shape index (κ2) is 6.31. The van der Waals surface area contributed by atoms with Crippen molar-refractivity contribution >= 4 is 0 Å². The van der Waals surface area contributed by atoms with Crippen LogP contribution in [0.5, 0.6) is 0 Å². The maximum atomic E-state index is 6.06. The molecule has 0 aliphatic heterocycles. The van der Waals surface area contributed by atoms with Crippen LogP contribution in [0, 0.1) is 0 Å². The molecule has 1 aromatic carbocycles. The van der Waals surface area contributed by atoms with Crippen molar-refractivity contribution in [3.8, 4) is 0 Å². The number of nitrogens with zero attached hydrogens (tertiary/aromatic N) is 2. The zero-order chi connectivity index (χ0) is 12.8. The van der Waals surface area contributed by atoms with Crippen molar-refractivity contribution in [3.05, 3.63) is 47.6 Å². The Kier molecular flexibility index (Phi) is 4.47. The van der Waals surface area contributed by atoms with E-state index in [1.54, 1.807) is 0 Å². The lowest BCUT2D eigenvalue weighted by Crippen LogP contribution is -2.11.